The van der Waals surface area contributed by atoms with Crippen LogP contribution >= 0.6 is 0 Å². The zero-order chi connectivity index (χ0) is 21.7. The number of amides is 1. The minimum absolute atomic E-state index is 0.0547. The highest BCUT2D eigenvalue weighted by molar-refractivity contribution is 5.88. The van der Waals surface area contributed by atoms with Gasteiger partial charge in [-0.25, -0.2) is 0 Å². The molecule has 0 radical (unpaired) electrons. The third-order valence-electron chi connectivity index (χ3n) is 6.89. The fourth-order valence-corrected chi connectivity index (χ4v) is 4.82. The molecule has 0 unspecified atom stereocenters. The van der Waals surface area contributed by atoms with Crippen molar-refractivity contribution in [1.29, 1.82) is 0 Å². The summed E-state index contributed by atoms with van der Waals surface area (Å²) in [4.78, 5) is 16.0. The molecule has 1 N–H and O–H groups in total. The van der Waals surface area contributed by atoms with Crippen LogP contribution < -0.4 is 15.0 Å². The SMILES string of the molecule is COc1ccc(C2(C(=O)N[C@@H](C)c3ccc(N4CCCCC4)cc3)CCOCC2)cc1. The molecule has 166 valence electrons. The lowest BCUT2D eigenvalue weighted by Crippen LogP contribution is -2.48. The third kappa shape index (κ3) is 4.72. The van der Waals surface area contributed by atoms with E-state index in [0.29, 0.717) is 26.1 Å². The quantitative estimate of drug-likeness (QED) is 0.739. The summed E-state index contributed by atoms with van der Waals surface area (Å²) in [6.07, 6.45) is 5.24. The Morgan fingerprint density at radius 3 is 2.26 bits per heavy atom. The predicted octanol–water partition coefficient (Wildman–Crippen LogP) is 4.61. The summed E-state index contributed by atoms with van der Waals surface area (Å²) in [6.45, 7) is 5.53. The Kier molecular flexibility index (Phi) is 6.81. The van der Waals surface area contributed by atoms with Gasteiger partial charge < -0.3 is 19.7 Å². The van der Waals surface area contributed by atoms with E-state index in [0.717, 1.165) is 30.0 Å². The van der Waals surface area contributed by atoms with Gasteiger partial charge in [-0.15, -0.1) is 0 Å². The van der Waals surface area contributed by atoms with Crippen LogP contribution in [-0.2, 0) is 14.9 Å². The summed E-state index contributed by atoms with van der Waals surface area (Å²) in [5.74, 6) is 0.877. The summed E-state index contributed by atoms with van der Waals surface area (Å²) in [7, 11) is 1.66. The first kappa shape index (κ1) is 21.7. The standard InChI is InChI=1S/C26H34N2O3/c1-20(21-6-10-23(11-7-21)28-16-4-3-5-17-28)27-25(29)26(14-18-31-19-15-26)22-8-12-24(30-2)13-9-22/h6-13,20H,3-5,14-19H2,1-2H3,(H,27,29)/t20-/m0/s1. The van der Waals surface area contributed by atoms with Crippen LogP contribution in [0.25, 0.3) is 0 Å². The highest BCUT2D eigenvalue weighted by Gasteiger charge is 2.42. The van der Waals surface area contributed by atoms with Gasteiger partial charge in [0.15, 0.2) is 0 Å². The molecule has 2 aromatic rings. The van der Waals surface area contributed by atoms with E-state index in [-0.39, 0.29) is 11.9 Å². The van der Waals surface area contributed by atoms with Gasteiger partial charge in [0.05, 0.1) is 18.6 Å². The Bertz CT molecular complexity index is 851. The van der Waals surface area contributed by atoms with E-state index in [9.17, 15) is 4.79 Å². The van der Waals surface area contributed by atoms with E-state index in [1.165, 1.54) is 24.9 Å². The zero-order valence-electron chi connectivity index (χ0n) is 18.7. The van der Waals surface area contributed by atoms with E-state index < -0.39 is 5.41 Å². The zero-order valence-corrected chi connectivity index (χ0v) is 18.7. The molecule has 5 nitrogen and oxygen atoms in total. The maximum atomic E-state index is 13.6. The molecule has 0 spiro atoms. The number of carbonyl (C=O) groups excluding carboxylic acids is 1. The minimum Gasteiger partial charge on any atom is -0.497 e. The molecule has 2 aliphatic rings. The summed E-state index contributed by atoms with van der Waals surface area (Å²) >= 11 is 0. The first-order valence-corrected chi connectivity index (χ1v) is 11.5. The van der Waals surface area contributed by atoms with Gasteiger partial charge in [0.25, 0.3) is 0 Å². The summed E-state index contributed by atoms with van der Waals surface area (Å²) in [5, 5.41) is 3.29. The van der Waals surface area contributed by atoms with Crippen molar-refractivity contribution in [1.82, 2.24) is 5.32 Å². The van der Waals surface area contributed by atoms with Crippen LogP contribution in [0.3, 0.4) is 0 Å². The van der Waals surface area contributed by atoms with Crippen LogP contribution in [0.4, 0.5) is 5.69 Å². The first-order chi connectivity index (χ1) is 15.1. The van der Waals surface area contributed by atoms with Crippen molar-refractivity contribution in [3.63, 3.8) is 0 Å². The van der Waals surface area contributed by atoms with Crippen LogP contribution in [0, 0.1) is 0 Å². The Morgan fingerprint density at radius 2 is 1.65 bits per heavy atom. The molecule has 2 aromatic carbocycles. The van der Waals surface area contributed by atoms with Crippen molar-refractivity contribution in [2.24, 2.45) is 0 Å². The minimum atomic E-state index is -0.563. The van der Waals surface area contributed by atoms with E-state index in [2.05, 4.69) is 41.4 Å². The molecule has 2 aliphatic heterocycles. The van der Waals surface area contributed by atoms with Gasteiger partial charge >= 0.3 is 0 Å². The smallest absolute Gasteiger partial charge is 0.231 e. The number of hydrogen-bond donors (Lipinski definition) is 1. The van der Waals surface area contributed by atoms with Gasteiger partial charge in [-0.2, -0.15) is 0 Å². The lowest BCUT2D eigenvalue weighted by molar-refractivity contribution is -0.131. The van der Waals surface area contributed by atoms with Gasteiger partial charge in [-0.3, -0.25) is 4.79 Å². The number of hydrogen-bond acceptors (Lipinski definition) is 4. The number of benzene rings is 2. The molecular formula is C26H34N2O3. The van der Waals surface area contributed by atoms with Crippen molar-refractivity contribution in [2.45, 2.75) is 50.5 Å². The average Bonchev–Trinajstić information content (AvgIpc) is 2.85. The number of nitrogens with zero attached hydrogens (tertiary/aromatic N) is 1. The van der Waals surface area contributed by atoms with Crippen molar-refractivity contribution in [3.8, 4) is 5.75 Å². The normalized spacial score (nSPS) is 19.5. The van der Waals surface area contributed by atoms with E-state index >= 15 is 0 Å². The molecule has 4 rings (SSSR count). The number of piperidine rings is 1. The maximum absolute atomic E-state index is 13.6. The molecule has 0 aromatic heterocycles. The molecule has 0 aliphatic carbocycles. The second-order valence-electron chi connectivity index (χ2n) is 8.76. The van der Waals surface area contributed by atoms with E-state index in [1.54, 1.807) is 7.11 Å². The summed E-state index contributed by atoms with van der Waals surface area (Å²) in [6, 6.07) is 16.5. The summed E-state index contributed by atoms with van der Waals surface area (Å²) in [5.41, 5.74) is 2.88. The molecule has 1 amide bonds. The molecule has 5 heteroatoms. The number of methoxy groups -OCH3 is 1. The lowest BCUT2D eigenvalue weighted by Gasteiger charge is -2.37. The molecule has 2 fully saturated rings. The Balaban J connectivity index is 1.48. The molecule has 0 bridgehead atoms. The van der Waals surface area contributed by atoms with E-state index in [1.807, 2.05) is 24.3 Å². The molecule has 0 saturated carbocycles. The number of ether oxygens (including phenoxy) is 2. The molecule has 2 heterocycles. The van der Waals surface area contributed by atoms with Gasteiger partial charge in [-0.1, -0.05) is 24.3 Å². The van der Waals surface area contributed by atoms with Crippen LogP contribution in [0.1, 0.15) is 56.2 Å². The fourth-order valence-electron chi connectivity index (χ4n) is 4.82. The topological polar surface area (TPSA) is 50.8 Å². The number of carbonyl (C=O) groups is 1. The monoisotopic (exact) mass is 422 g/mol. The van der Waals surface area contributed by atoms with Crippen LogP contribution in [0.15, 0.2) is 48.5 Å². The van der Waals surface area contributed by atoms with Gasteiger partial charge in [0.2, 0.25) is 5.91 Å². The first-order valence-electron chi connectivity index (χ1n) is 11.5. The maximum Gasteiger partial charge on any atom is 0.231 e. The predicted molar refractivity (Wildman–Crippen MR) is 124 cm³/mol. The second-order valence-corrected chi connectivity index (χ2v) is 8.76. The number of nitrogens with one attached hydrogen (secondary N) is 1. The Labute approximate surface area is 185 Å². The second kappa shape index (κ2) is 9.73. The van der Waals surface area contributed by atoms with Crippen molar-refractivity contribution >= 4 is 11.6 Å². The third-order valence-corrected chi connectivity index (χ3v) is 6.89. The van der Waals surface area contributed by atoms with Gasteiger partial charge in [-0.05, 0) is 74.4 Å². The Hall–Kier alpha value is -2.53. The number of anilines is 1. The van der Waals surface area contributed by atoms with Crippen molar-refractivity contribution in [3.05, 3.63) is 59.7 Å². The van der Waals surface area contributed by atoms with Crippen LogP contribution in [0.2, 0.25) is 0 Å². The summed E-state index contributed by atoms with van der Waals surface area (Å²) < 4.78 is 10.9. The van der Waals surface area contributed by atoms with Gasteiger partial charge in [0, 0.05) is 32.0 Å². The van der Waals surface area contributed by atoms with Crippen LogP contribution in [0.5, 0.6) is 5.75 Å². The van der Waals surface area contributed by atoms with E-state index in [4.69, 9.17) is 9.47 Å². The highest BCUT2D eigenvalue weighted by atomic mass is 16.5. The highest BCUT2D eigenvalue weighted by Crippen LogP contribution is 2.36. The largest absolute Gasteiger partial charge is 0.497 e. The lowest BCUT2D eigenvalue weighted by atomic mass is 9.73. The van der Waals surface area contributed by atoms with Gasteiger partial charge in [0.1, 0.15) is 5.75 Å². The average molecular weight is 423 g/mol. The molecule has 31 heavy (non-hydrogen) atoms. The van der Waals surface area contributed by atoms with Crippen molar-refractivity contribution < 1.29 is 14.3 Å². The van der Waals surface area contributed by atoms with Crippen molar-refractivity contribution in [2.75, 3.05) is 38.3 Å². The van der Waals surface area contributed by atoms with Crippen LogP contribution in [-0.4, -0.2) is 39.3 Å². The Morgan fingerprint density at radius 1 is 1.00 bits per heavy atom. The number of rotatable bonds is 6. The molecular weight excluding hydrogens is 388 g/mol. The molecule has 2 saturated heterocycles. The fraction of sp³-hybridized carbons (Fsp3) is 0.500. The molecule has 1 atom stereocenters.